The molecule has 1 rings (SSSR count). The number of rotatable bonds is 7. The van der Waals surface area contributed by atoms with Crippen molar-refractivity contribution in [2.24, 2.45) is 11.5 Å². The average molecular weight is 251 g/mol. The Labute approximate surface area is 105 Å². The Kier molecular flexibility index (Phi) is 5.83. The lowest BCUT2D eigenvalue weighted by Crippen LogP contribution is -2.46. The number of primary amides is 1. The molecule has 0 spiro atoms. The summed E-state index contributed by atoms with van der Waals surface area (Å²) in [5.41, 5.74) is 11.5. The molecule has 1 unspecified atom stereocenters. The molecule has 1 aromatic carbocycles. The van der Waals surface area contributed by atoms with E-state index in [-0.39, 0.29) is 13.2 Å². The van der Waals surface area contributed by atoms with E-state index < -0.39 is 17.9 Å². The van der Waals surface area contributed by atoms with Gasteiger partial charge in [-0.25, -0.2) is 0 Å². The first-order valence-corrected chi connectivity index (χ1v) is 5.53. The van der Waals surface area contributed by atoms with Crippen molar-refractivity contribution < 1.29 is 14.3 Å². The fourth-order valence-electron chi connectivity index (χ4n) is 1.26. The molecule has 0 aliphatic rings. The van der Waals surface area contributed by atoms with Crippen molar-refractivity contribution >= 4 is 11.8 Å². The maximum Gasteiger partial charge on any atom is 0.239 e. The van der Waals surface area contributed by atoms with Crippen LogP contribution in [0.15, 0.2) is 30.3 Å². The lowest BCUT2D eigenvalue weighted by atomic mass is 10.2. The summed E-state index contributed by atoms with van der Waals surface area (Å²) < 4.78 is 5.31. The Balaban J connectivity index is 2.22. The number of amides is 2. The topological polar surface area (TPSA) is 107 Å². The molecular formula is C12H17N3O3. The normalized spacial score (nSPS) is 11.8. The third kappa shape index (κ3) is 5.42. The molecule has 1 atom stereocenters. The SMILES string of the molecule is NC(=O)CNC(=O)C(N)COCc1ccccc1. The highest BCUT2D eigenvalue weighted by Gasteiger charge is 2.13. The van der Waals surface area contributed by atoms with Gasteiger partial charge in [-0.1, -0.05) is 30.3 Å². The molecule has 0 bridgehead atoms. The molecule has 0 saturated carbocycles. The summed E-state index contributed by atoms with van der Waals surface area (Å²) in [5.74, 6) is -1.07. The highest BCUT2D eigenvalue weighted by Crippen LogP contribution is 2.00. The standard InChI is InChI=1S/C12H17N3O3/c13-10(12(17)15-6-11(14)16)8-18-7-9-4-2-1-3-5-9/h1-5,10H,6-8,13H2,(H2,14,16)(H,15,17). The number of nitrogens with one attached hydrogen (secondary N) is 1. The zero-order valence-corrected chi connectivity index (χ0v) is 9.96. The van der Waals surface area contributed by atoms with Gasteiger partial charge < -0.3 is 21.5 Å². The first-order chi connectivity index (χ1) is 8.59. The number of carbonyl (C=O) groups is 2. The van der Waals surface area contributed by atoms with E-state index in [0.717, 1.165) is 5.56 Å². The number of ether oxygens (including phenoxy) is 1. The predicted molar refractivity (Wildman–Crippen MR) is 66.3 cm³/mol. The van der Waals surface area contributed by atoms with Crippen molar-refractivity contribution in [2.45, 2.75) is 12.6 Å². The second kappa shape index (κ2) is 7.41. The van der Waals surface area contributed by atoms with Crippen LogP contribution in [0.5, 0.6) is 0 Å². The smallest absolute Gasteiger partial charge is 0.239 e. The van der Waals surface area contributed by atoms with Gasteiger partial charge in [0.2, 0.25) is 11.8 Å². The maximum absolute atomic E-state index is 11.4. The molecule has 6 heteroatoms. The molecule has 0 heterocycles. The van der Waals surface area contributed by atoms with Gasteiger partial charge in [-0.2, -0.15) is 0 Å². The van der Waals surface area contributed by atoms with Gasteiger partial charge in [-0.05, 0) is 5.56 Å². The Bertz CT molecular complexity index is 395. The first kappa shape index (κ1) is 14.1. The van der Waals surface area contributed by atoms with E-state index in [1.54, 1.807) is 0 Å². The predicted octanol–water partition coefficient (Wildman–Crippen LogP) is -0.868. The summed E-state index contributed by atoms with van der Waals surface area (Å²) in [6.45, 7) is 0.252. The molecule has 5 N–H and O–H groups in total. The number of nitrogens with two attached hydrogens (primary N) is 2. The largest absolute Gasteiger partial charge is 0.375 e. The van der Waals surface area contributed by atoms with Crippen LogP contribution in [0.2, 0.25) is 0 Å². The van der Waals surface area contributed by atoms with Gasteiger partial charge in [0.1, 0.15) is 6.04 Å². The maximum atomic E-state index is 11.4. The lowest BCUT2D eigenvalue weighted by molar-refractivity contribution is -0.126. The summed E-state index contributed by atoms with van der Waals surface area (Å²) in [7, 11) is 0. The zero-order chi connectivity index (χ0) is 13.4. The van der Waals surface area contributed by atoms with Crippen molar-refractivity contribution in [1.29, 1.82) is 0 Å². The summed E-state index contributed by atoms with van der Waals surface area (Å²) in [4.78, 5) is 21.8. The fourth-order valence-corrected chi connectivity index (χ4v) is 1.26. The lowest BCUT2D eigenvalue weighted by Gasteiger charge is -2.11. The molecule has 0 fully saturated rings. The summed E-state index contributed by atoms with van der Waals surface area (Å²) in [6, 6.07) is 8.73. The average Bonchev–Trinajstić information content (AvgIpc) is 2.37. The Morgan fingerprint density at radius 2 is 1.94 bits per heavy atom. The van der Waals surface area contributed by atoms with E-state index in [1.807, 2.05) is 30.3 Å². The summed E-state index contributed by atoms with van der Waals surface area (Å²) >= 11 is 0. The molecule has 0 saturated heterocycles. The Morgan fingerprint density at radius 1 is 1.28 bits per heavy atom. The minimum absolute atomic E-state index is 0.0828. The van der Waals surface area contributed by atoms with E-state index >= 15 is 0 Å². The number of carbonyl (C=O) groups excluding carboxylic acids is 2. The quantitative estimate of drug-likeness (QED) is 0.585. The van der Waals surface area contributed by atoms with Crippen LogP contribution in [-0.2, 0) is 20.9 Å². The van der Waals surface area contributed by atoms with Crippen molar-refractivity contribution in [2.75, 3.05) is 13.2 Å². The van der Waals surface area contributed by atoms with Crippen molar-refractivity contribution in [3.8, 4) is 0 Å². The van der Waals surface area contributed by atoms with E-state index in [2.05, 4.69) is 5.32 Å². The van der Waals surface area contributed by atoms with Crippen LogP contribution in [-0.4, -0.2) is 31.0 Å². The number of hydrogen-bond donors (Lipinski definition) is 3. The molecule has 0 aliphatic heterocycles. The van der Waals surface area contributed by atoms with Crippen LogP contribution < -0.4 is 16.8 Å². The van der Waals surface area contributed by atoms with Crippen LogP contribution in [0, 0.1) is 0 Å². The van der Waals surface area contributed by atoms with Gasteiger partial charge in [0, 0.05) is 0 Å². The second-order valence-electron chi connectivity index (χ2n) is 3.79. The van der Waals surface area contributed by atoms with E-state index in [4.69, 9.17) is 16.2 Å². The van der Waals surface area contributed by atoms with Gasteiger partial charge in [-0.15, -0.1) is 0 Å². The number of benzene rings is 1. The molecule has 2 amide bonds. The van der Waals surface area contributed by atoms with Crippen LogP contribution in [0.3, 0.4) is 0 Å². The summed E-state index contributed by atoms with van der Waals surface area (Å²) in [6.07, 6.45) is 0. The van der Waals surface area contributed by atoms with E-state index in [9.17, 15) is 9.59 Å². The van der Waals surface area contributed by atoms with Crippen LogP contribution >= 0.6 is 0 Å². The summed E-state index contributed by atoms with van der Waals surface area (Å²) in [5, 5.41) is 2.31. The highest BCUT2D eigenvalue weighted by molar-refractivity contribution is 5.86. The fraction of sp³-hybridized carbons (Fsp3) is 0.333. The minimum atomic E-state index is -0.812. The molecular weight excluding hydrogens is 234 g/mol. The van der Waals surface area contributed by atoms with Crippen LogP contribution in [0.25, 0.3) is 0 Å². The molecule has 1 aromatic rings. The van der Waals surface area contributed by atoms with Gasteiger partial charge in [0.15, 0.2) is 0 Å². The molecule has 18 heavy (non-hydrogen) atoms. The van der Waals surface area contributed by atoms with Gasteiger partial charge >= 0.3 is 0 Å². The van der Waals surface area contributed by atoms with Gasteiger partial charge in [0.05, 0.1) is 19.8 Å². The molecule has 0 radical (unpaired) electrons. The van der Waals surface area contributed by atoms with Gasteiger partial charge in [0.25, 0.3) is 0 Å². The highest BCUT2D eigenvalue weighted by atomic mass is 16.5. The second-order valence-corrected chi connectivity index (χ2v) is 3.79. The Hall–Kier alpha value is -1.92. The molecule has 6 nitrogen and oxygen atoms in total. The zero-order valence-electron chi connectivity index (χ0n) is 9.96. The van der Waals surface area contributed by atoms with Gasteiger partial charge in [-0.3, -0.25) is 9.59 Å². The van der Waals surface area contributed by atoms with Crippen LogP contribution in [0.1, 0.15) is 5.56 Å². The molecule has 0 aliphatic carbocycles. The third-order valence-electron chi connectivity index (χ3n) is 2.18. The molecule has 0 aromatic heterocycles. The monoisotopic (exact) mass is 251 g/mol. The Morgan fingerprint density at radius 3 is 2.56 bits per heavy atom. The van der Waals surface area contributed by atoms with Crippen molar-refractivity contribution in [3.05, 3.63) is 35.9 Å². The number of hydrogen-bond acceptors (Lipinski definition) is 4. The van der Waals surface area contributed by atoms with Crippen molar-refractivity contribution in [3.63, 3.8) is 0 Å². The van der Waals surface area contributed by atoms with Crippen molar-refractivity contribution in [1.82, 2.24) is 5.32 Å². The third-order valence-corrected chi connectivity index (χ3v) is 2.18. The molecule has 98 valence electrons. The minimum Gasteiger partial charge on any atom is -0.375 e. The van der Waals surface area contributed by atoms with Crippen LogP contribution in [0.4, 0.5) is 0 Å². The van der Waals surface area contributed by atoms with E-state index in [0.29, 0.717) is 6.61 Å². The first-order valence-electron chi connectivity index (χ1n) is 5.53. The van der Waals surface area contributed by atoms with E-state index in [1.165, 1.54) is 0 Å².